The van der Waals surface area contributed by atoms with Gasteiger partial charge in [0.1, 0.15) is 11.9 Å². The van der Waals surface area contributed by atoms with Crippen LogP contribution in [0.3, 0.4) is 0 Å². The van der Waals surface area contributed by atoms with Gasteiger partial charge < -0.3 is 14.9 Å². The summed E-state index contributed by atoms with van der Waals surface area (Å²) in [7, 11) is 0. The maximum absolute atomic E-state index is 10.2. The van der Waals surface area contributed by atoms with E-state index in [1.54, 1.807) is 0 Å². The quantitative estimate of drug-likeness (QED) is 0.745. The van der Waals surface area contributed by atoms with Crippen LogP contribution in [-0.4, -0.2) is 47.3 Å². The number of rotatable bonds is 7. The first-order valence-corrected chi connectivity index (χ1v) is 8.95. The van der Waals surface area contributed by atoms with Gasteiger partial charge in [0.2, 0.25) is 0 Å². The molecule has 1 heterocycles. The molecule has 0 radical (unpaired) electrons. The summed E-state index contributed by atoms with van der Waals surface area (Å²) in [6, 6.07) is 18.1. The Labute approximate surface area is 154 Å². The van der Waals surface area contributed by atoms with E-state index in [2.05, 4.69) is 30.0 Å². The Morgan fingerprint density at radius 3 is 2.42 bits per heavy atom. The van der Waals surface area contributed by atoms with Crippen LogP contribution in [0.5, 0.6) is 5.75 Å². The van der Waals surface area contributed by atoms with Gasteiger partial charge in [0.15, 0.2) is 0 Å². The van der Waals surface area contributed by atoms with E-state index in [-0.39, 0.29) is 18.7 Å². The van der Waals surface area contributed by atoms with Gasteiger partial charge in [-0.2, -0.15) is 0 Å². The molecule has 2 N–H and O–H groups in total. The van der Waals surface area contributed by atoms with Crippen LogP contribution in [0, 0.1) is 0 Å². The van der Waals surface area contributed by atoms with Crippen LogP contribution in [-0.2, 0) is 11.2 Å². The number of para-hydroxylation sites is 1. The second kappa shape index (κ2) is 10.6. The van der Waals surface area contributed by atoms with Crippen LogP contribution in [0.25, 0.3) is 0 Å². The van der Waals surface area contributed by atoms with Crippen molar-refractivity contribution in [2.75, 3.05) is 19.6 Å². The van der Waals surface area contributed by atoms with E-state index in [4.69, 9.17) is 14.6 Å². The Morgan fingerprint density at radius 2 is 1.77 bits per heavy atom. The minimum absolute atomic E-state index is 0.250. The van der Waals surface area contributed by atoms with Gasteiger partial charge in [0, 0.05) is 19.6 Å². The van der Waals surface area contributed by atoms with Crippen molar-refractivity contribution in [1.29, 1.82) is 0 Å². The highest BCUT2D eigenvalue weighted by molar-refractivity contribution is 5.33. The van der Waals surface area contributed by atoms with Crippen LogP contribution >= 0.6 is 0 Å². The fraction of sp³-hybridized carbons (Fsp3) is 0.381. The molecule has 0 aliphatic carbocycles. The molecule has 0 aromatic heterocycles. The monoisotopic (exact) mass is 357 g/mol. The van der Waals surface area contributed by atoms with Crippen molar-refractivity contribution in [1.82, 2.24) is 4.90 Å². The molecular weight excluding hydrogens is 330 g/mol. The van der Waals surface area contributed by atoms with Crippen molar-refractivity contribution in [2.24, 2.45) is 0 Å². The molecule has 2 aromatic rings. The van der Waals surface area contributed by atoms with Crippen molar-refractivity contribution in [2.45, 2.75) is 32.0 Å². The lowest BCUT2D eigenvalue weighted by molar-refractivity contribution is -0.122. The van der Waals surface area contributed by atoms with E-state index < -0.39 is 0 Å². The smallest absolute Gasteiger partial charge is 0.290 e. The minimum Gasteiger partial charge on any atom is -0.487 e. The highest BCUT2D eigenvalue weighted by atomic mass is 16.5. The van der Waals surface area contributed by atoms with Gasteiger partial charge in [-0.05, 0) is 30.0 Å². The van der Waals surface area contributed by atoms with Gasteiger partial charge >= 0.3 is 0 Å². The SMILES string of the molecule is CCc1ccccc1OC1CN(CC[C@@H](O)c2ccccc2)C1.O=CO. The van der Waals surface area contributed by atoms with Crippen LogP contribution < -0.4 is 4.74 Å². The summed E-state index contributed by atoms with van der Waals surface area (Å²) in [5.74, 6) is 1.02. The van der Waals surface area contributed by atoms with Gasteiger partial charge in [-0.25, -0.2) is 0 Å². The third-order valence-corrected chi connectivity index (χ3v) is 4.47. The van der Waals surface area contributed by atoms with E-state index in [9.17, 15) is 5.11 Å². The molecule has 1 saturated heterocycles. The number of aliphatic hydroxyl groups excluding tert-OH is 1. The molecule has 1 fully saturated rings. The number of aryl methyl sites for hydroxylation is 1. The summed E-state index contributed by atoms with van der Waals surface area (Å²) >= 11 is 0. The van der Waals surface area contributed by atoms with Crippen molar-refractivity contribution in [3.8, 4) is 5.75 Å². The van der Waals surface area contributed by atoms with Crippen LogP contribution in [0.1, 0.15) is 30.6 Å². The summed E-state index contributed by atoms with van der Waals surface area (Å²) in [4.78, 5) is 10.7. The average molecular weight is 357 g/mol. The van der Waals surface area contributed by atoms with Crippen LogP contribution in [0.2, 0.25) is 0 Å². The molecule has 1 aliphatic rings. The van der Waals surface area contributed by atoms with Gasteiger partial charge in [-0.15, -0.1) is 0 Å². The standard InChI is InChI=1S/C20H25NO2.CH2O2/c1-2-16-8-6-7-11-20(16)23-18-14-21(15-18)13-12-19(22)17-9-4-3-5-10-17;2-1-3/h3-11,18-19,22H,2,12-15H2,1H3;1H,(H,2,3)/t19-;/m1./s1. The molecule has 5 heteroatoms. The second-order valence-corrected chi connectivity index (χ2v) is 6.28. The molecule has 0 saturated carbocycles. The van der Waals surface area contributed by atoms with Crippen LogP contribution in [0.4, 0.5) is 0 Å². The Bertz CT molecular complexity index is 656. The number of aliphatic hydroxyl groups is 1. The number of benzene rings is 2. The lowest BCUT2D eigenvalue weighted by Gasteiger charge is -2.39. The Hall–Kier alpha value is -2.37. The largest absolute Gasteiger partial charge is 0.487 e. The highest BCUT2D eigenvalue weighted by Crippen LogP contribution is 2.24. The zero-order valence-corrected chi connectivity index (χ0v) is 15.1. The molecular formula is C21H27NO4. The molecule has 1 atom stereocenters. The van der Waals surface area contributed by atoms with Gasteiger partial charge in [0.05, 0.1) is 6.10 Å². The van der Waals surface area contributed by atoms with Crippen LogP contribution in [0.15, 0.2) is 54.6 Å². The number of likely N-dealkylation sites (tertiary alicyclic amines) is 1. The molecule has 1 aliphatic heterocycles. The first kappa shape index (κ1) is 19.9. The fourth-order valence-electron chi connectivity index (χ4n) is 3.02. The molecule has 0 amide bonds. The van der Waals surface area contributed by atoms with Gasteiger partial charge in [-0.1, -0.05) is 55.5 Å². The van der Waals surface area contributed by atoms with Crippen molar-refractivity contribution in [3.05, 3.63) is 65.7 Å². The molecule has 0 unspecified atom stereocenters. The third kappa shape index (κ3) is 5.86. The van der Waals surface area contributed by atoms with Crippen molar-refractivity contribution in [3.63, 3.8) is 0 Å². The third-order valence-electron chi connectivity index (χ3n) is 4.47. The number of ether oxygens (including phenoxy) is 1. The molecule has 140 valence electrons. The number of carboxylic acid groups (broad SMARTS) is 1. The van der Waals surface area contributed by atoms with E-state index in [1.807, 2.05) is 36.4 Å². The average Bonchev–Trinajstić information content (AvgIpc) is 2.65. The first-order chi connectivity index (χ1) is 12.7. The normalized spacial score (nSPS) is 15.3. The van der Waals surface area contributed by atoms with E-state index in [1.165, 1.54) is 5.56 Å². The molecule has 0 bridgehead atoms. The maximum Gasteiger partial charge on any atom is 0.290 e. The summed E-state index contributed by atoms with van der Waals surface area (Å²) in [5.41, 5.74) is 2.27. The Balaban J connectivity index is 0.000000758. The number of carbonyl (C=O) groups is 1. The number of nitrogens with zero attached hydrogens (tertiary/aromatic N) is 1. The zero-order chi connectivity index (χ0) is 18.8. The second-order valence-electron chi connectivity index (χ2n) is 6.28. The topological polar surface area (TPSA) is 70.0 Å². The van der Waals surface area contributed by atoms with E-state index in [0.29, 0.717) is 0 Å². The summed E-state index contributed by atoms with van der Waals surface area (Å²) in [6.07, 6.45) is 1.66. The molecule has 26 heavy (non-hydrogen) atoms. The molecule has 2 aromatic carbocycles. The van der Waals surface area contributed by atoms with E-state index in [0.717, 1.165) is 43.8 Å². The minimum atomic E-state index is -0.378. The molecule has 0 spiro atoms. The summed E-state index contributed by atoms with van der Waals surface area (Å²) in [6.45, 7) is 4.70. The number of hydrogen-bond donors (Lipinski definition) is 2. The van der Waals surface area contributed by atoms with E-state index >= 15 is 0 Å². The van der Waals surface area contributed by atoms with Crippen molar-refractivity contribution < 1.29 is 19.7 Å². The predicted molar refractivity (Wildman–Crippen MR) is 101 cm³/mol. The lowest BCUT2D eigenvalue weighted by Crippen LogP contribution is -2.54. The Morgan fingerprint density at radius 1 is 1.15 bits per heavy atom. The first-order valence-electron chi connectivity index (χ1n) is 8.95. The Kier molecular flexibility index (Phi) is 8.12. The van der Waals surface area contributed by atoms with Gasteiger partial charge in [-0.3, -0.25) is 9.69 Å². The van der Waals surface area contributed by atoms with Gasteiger partial charge in [0.25, 0.3) is 6.47 Å². The lowest BCUT2D eigenvalue weighted by atomic mass is 10.0. The fourth-order valence-corrected chi connectivity index (χ4v) is 3.02. The molecule has 3 rings (SSSR count). The zero-order valence-electron chi connectivity index (χ0n) is 15.1. The summed E-state index contributed by atoms with van der Waals surface area (Å²) in [5, 5.41) is 17.1. The maximum atomic E-state index is 10.2. The summed E-state index contributed by atoms with van der Waals surface area (Å²) < 4.78 is 6.09. The predicted octanol–water partition coefficient (Wildman–Crippen LogP) is 3.14. The number of hydrogen-bond acceptors (Lipinski definition) is 4. The highest BCUT2D eigenvalue weighted by Gasteiger charge is 2.28. The van der Waals surface area contributed by atoms with Crippen molar-refractivity contribution >= 4 is 6.47 Å². The molecule has 5 nitrogen and oxygen atoms in total.